The summed E-state index contributed by atoms with van der Waals surface area (Å²) in [5.74, 6) is -0.0335. The topological polar surface area (TPSA) is 56.1 Å². The Morgan fingerprint density at radius 2 is 2.37 bits per heavy atom. The Labute approximate surface area is 116 Å². The minimum absolute atomic E-state index is 0.0335. The average molecular weight is 279 g/mol. The summed E-state index contributed by atoms with van der Waals surface area (Å²) in [6.07, 6.45) is 3.63. The predicted octanol–water partition coefficient (Wildman–Crippen LogP) is 1.70. The van der Waals surface area contributed by atoms with Gasteiger partial charge in [0, 0.05) is 23.8 Å². The Morgan fingerprint density at radius 1 is 1.47 bits per heavy atom. The predicted molar refractivity (Wildman–Crippen MR) is 74.4 cm³/mol. The van der Waals surface area contributed by atoms with Crippen molar-refractivity contribution in [2.75, 3.05) is 19.8 Å². The number of amides is 1. The number of carbonyl (C=O) groups is 1. The quantitative estimate of drug-likeness (QED) is 0.785. The second-order valence-corrected chi connectivity index (χ2v) is 5.34. The lowest BCUT2D eigenvalue weighted by molar-refractivity contribution is 0.0910. The van der Waals surface area contributed by atoms with Gasteiger partial charge in [-0.25, -0.2) is 0 Å². The van der Waals surface area contributed by atoms with Crippen molar-refractivity contribution in [3.05, 3.63) is 40.3 Å². The maximum Gasteiger partial charge on any atom is 0.261 e. The number of ether oxygens (including phenoxy) is 1. The van der Waals surface area contributed by atoms with Crippen LogP contribution in [0.4, 0.5) is 0 Å². The zero-order chi connectivity index (χ0) is 13.5. The standard InChI is InChI=1S/C13H17N3O2S/c1-11-3-4-12(19-11)13(17)14-6-9-18-10-8-16-7-2-5-15-16/h2-5,7H,6,8-10H2,1H3,(H,14,17). The van der Waals surface area contributed by atoms with E-state index in [-0.39, 0.29) is 5.91 Å². The number of aryl methyl sites for hydroxylation is 1. The summed E-state index contributed by atoms with van der Waals surface area (Å²) in [6, 6.07) is 5.66. The van der Waals surface area contributed by atoms with Crippen molar-refractivity contribution < 1.29 is 9.53 Å². The minimum atomic E-state index is -0.0335. The molecule has 2 aromatic heterocycles. The van der Waals surface area contributed by atoms with E-state index in [2.05, 4.69) is 10.4 Å². The van der Waals surface area contributed by atoms with Gasteiger partial charge >= 0.3 is 0 Å². The zero-order valence-electron chi connectivity index (χ0n) is 10.8. The molecule has 0 unspecified atom stereocenters. The van der Waals surface area contributed by atoms with Gasteiger partial charge in [0.25, 0.3) is 5.91 Å². The molecule has 0 saturated carbocycles. The molecule has 0 saturated heterocycles. The highest BCUT2D eigenvalue weighted by molar-refractivity contribution is 7.13. The third-order valence-corrected chi connectivity index (χ3v) is 3.52. The smallest absolute Gasteiger partial charge is 0.261 e. The Bertz CT molecular complexity index is 508. The van der Waals surface area contributed by atoms with E-state index >= 15 is 0 Å². The summed E-state index contributed by atoms with van der Waals surface area (Å²) >= 11 is 1.50. The largest absolute Gasteiger partial charge is 0.378 e. The number of aromatic nitrogens is 2. The molecule has 5 nitrogen and oxygen atoms in total. The molecule has 0 aliphatic carbocycles. The summed E-state index contributed by atoms with van der Waals surface area (Å²) in [4.78, 5) is 13.6. The molecular formula is C13H17N3O2S. The lowest BCUT2D eigenvalue weighted by atomic mass is 10.4. The number of rotatable bonds is 7. The van der Waals surface area contributed by atoms with E-state index in [9.17, 15) is 4.79 Å². The third kappa shape index (κ3) is 4.50. The first-order valence-corrected chi connectivity index (χ1v) is 6.97. The monoisotopic (exact) mass is 279 g/mol. The van der Waals surface area contributed by atoms with Gasteiger partial charge in [-0.3, -0.25) is 9.48 Å². The van der Waals surface area contributed by atoms with Crippen molar-refractivity contribution >= 4 is 17.2 Å². The lowest BCUT2D eigenvalue weighted by Gasteiger charge is -2.05. The van der Waals surface area contributed by atoms with Crippen molar-refractivity contribution in [2.45, 2.75) is 13.5 Å². The van der Waals surface area contributed by atoms with Crippen LogP contribution in [0.2, 0.25) is 0 Å². The van der Waals surface area contributed by atoms with E-state index < -0.39 is 0 Å². The average Bonchev–Trinajstić information content (AvgIpc) is 3.04. The van der Waals surface area contributed by atoms with E-state index in [0.29, 0.717) is 19.8 Å². The van der Waals surface area contributed by atoms with Gasteiger partial charge in [0.05, 0.1) is 24.6 Å². The molecule has 0 bridgehead atoms. The highest BCUT2D eigenvalue weighted by Gasteiger charge is 2.06. The molecule has 2 heterocycles. The maximum absolute atomic E-state index is 11.7. The molecule has 6 heteroatoms. The van der Waals surface area contributed by atoms with Gasteiger partial charge < -0.3 is 10.1 Å². The van der Waals surface area contributed by atoms with Gasteiger partial charge in [-0.05, 0) is 25.1 Å². The van der Waals surface area contributed by atoms with Gasteiger partial charge in [-0.15, -0.1) is 11.3 Å². The molecule has 0 radical (unpaired) electrons. The van der Waals surface area contributed by atoms with Gasteiger partial charge in [-0.2, -0.15) is 5.10 Å². The number of nitrogens with one attached hydrogen (secondary N) is 1. The third-order valence-electron chi connectivity index (χ3n) is 2.52. The van der Waals surface area contributed by atoms with Crippen LogP contribution in [-0.4, -0.2) is 35.4 Å². The number of nitrogens with zero attached hydrogens (tertiary/aromatic N) is 2. The van der Waals surface area contributed by atoms with E-state index in [1.807, 2.05) is 36.0 Å². The van der Waals surface area contributed by atoms with Crippen LogP contribution in [-0.2, 0) is 11.3 Å². The molecule has 102 valence electrons. The lowest BCUT2D eigenvalue weighted by Crippen LogP contribution is -2.27. The SMILES string of the molecule is Cc1ccc(C(=O)NCCOCCn2cccn2)s1. The summed E-state index contributed by atoms with van der Waals surface area (Å²) in [6.45, 7) is 4.34. The fourth-order valence-corrected chi connectivity index (χ4v) is 2.36. The molecule has 0 atom stereocenters. The van der Waals surface area contributed by atoms with Crippen LogP contribution < -0.4 is 5.32 Å². The molecule has 1 amide bonds. The van der Waals surface area contributed by atoms with E-state index in [1.54, 1.807) is 6.20 Å². The number of hydrogen-bond donors (Lipinski definition) is 1. The van der Waals surface area contributed by atoms with E-state index in [0.717, 1.165) is 16.3 Å². The fourth-order valence-electron chi connectivity index (χ4n) is 1.57. The van der Waals surface area contributed by atoms with Crippen molar-refractivity contribution in [1.29, 1.82) is 0 Å². The summed E-state index contributed by atoms with van der Waals surface area (Å²) in [5.41, 5.74) is 0. The Kier molecular flexibility index (Phi) is 5.11. The van der Waals surface area contributed by atoms with Crippen LogP contribution in [0, 0.1) is 6.92 Å². The molecule has 1 N–H and O–H groups in total. The highest BCUT2D eigenvalue weighted by atomic mass is 32.1. The number of hydrogen-bond acceptors (Lipinski definition) is 4. The van der Waals surface area contributed by atoms with Crippen molar-refractivity contribution in [3.8, 4) is 0 Å². The summed E-state index contributed by atoms with van der Waals surface area (Å²) < 4.78 is 7.24. The molecule has 0 aliphatic heterocycles. The first-order valence-electron chi connectivity index (χ1n) is 6.15. The second-order valence-electron chi connectivity index (χ2n) is 4.05. The van der Waals surface area contributed by atoms with Gasteiger partial charge in [0.15, 0.2) is 0 Å². The van der Waals surface area contributed by atoms with E-state index in [1.165, 1.54) is 11.3 Å². The second kappa shape index (κ2) is 7.06. The van der Waals surface area contributed by atoms with Crippen LogP contribution in [0.3, 0.4) is 0 Å². The van der Waals surface area contributed by atoms with Crippen molar-refractivity contribution in [3.63, 3.8) is 0 Å². The Balaban J connectivity index is 1.55. The molecule has 0 spiro atoms. The normalized spacial score (nSPS) is 10.6. The maximum atomic E-state index is 11.7. The van der Waals surface area contributed by atoms with Crippen LogP contribution in [0.15, 0.2) is 30.6 Å². The van der Waals surface area contributed by atoms with Crippen LogP contribution in [0.5, 0.6) is 0 Å². The van der Waals surface area contributed by atoms with Gasteiger partial charge in [0.2, 0.25) is 0 Å². The summed E-state index contributed by atoms with van der Waals surface area (Å²) in [5, 5.41) is 6.90. The van der Waals surface area contributed by atoms with Crippen LogP contribution in [0.25, 0.3) is 0 Å². The van der Waals surface area contributed by atoms with Crippen molar-refractivity contribution in [1.82, 2.24) is 15.1 Å². The first kappa shape index (κ1) is 13.8. The molecule has 0 aromatic carbocycles. The summed E-state index contributed by atoms with van der Waals surface area (Å²) in [7, 11) is 0. The zero-order valence-corrected chi connectivity index (χ0v) is 11.7. The fraction of sp³-hybridized carbons (Fsp3) is 0.385. The Hall–Kier alpha value is -1.66. The number of thiophene rings is 1. The van der Waals surface area contributed by atoms with Gasteiger partial charge in [0.1, 0.15) is 0 Å². The molecule has 0 aliphatic rings. The van der Waals surface area contributed by atoms with Crippen LogP contribution >= 0.6 is 11.3 Å². The Morgan fingerprint density at radius 3 is 3.05 bits per heavy atom. The number of carbonyl (C=O) groups excluding carboxylic acids is 1. The molecule has 0 fully saturated rings. The minimum Gasteiger partial charge on any atom is -0.378 e. The first-order chi connectivity index (χ1) is 9.25. The molecule has 19 heavy (non-hydrogen) atoms. The van der Waals surface area contributed by atoms with E-state index in [4.69, 9.17) is 4.74 Å². The van der Waals surface area contributed by atoms with Gasteiger partial charge in [-0.1, -0.05) is 0 Å². The highest BCUT2D eigenvalue weighted by Crippen LogP contribution is 2.14. The molecule has 2 aromatic rings. The van der Waals surface area contributed by atoms with Crippen LogP contribution in [0.1, 0.15) is 14.5 Å². The van der Waals surface area contributed by atoms with Crippen molar-refractivity contribution in [2.24, 2.45) is 0 Å². The molecule has 2 rings (SSSR count). The molecular weight excluding hydrogens is 262 g/mol.